The molecular formula is C49H53NO15. The third-order valence-electron chi connectivity index (χ3n) is 14.3. The number of hydrogen-bond donors (Lipinski definition) is 4. The fourth-order valence-electron chi connectivity index (χ4n) is 10.7. The summed E-state index contributed by atoms with van der Waals surface area (Å²) in [5.74, 6) is -6.59. The molecule has 11 atom stereocenters. The van der Waals surface area contributed by atoms with Gasteiger partial charge in [0.25, 0.3) is 5.91 Å². The van der Waals surface area contributed by atoms with Crippen LogP contribution < -0.4 is 10.1 Å². The summed E-state index contributed by atoms with van der Waals surface area (Å²) >= 11 is 0. The molecule has 2 saturated carbocycles. The van der Waals surface area contributed by atoms with E-state index in [1.807, 2.05) is 0 Å². The molecule has 5 aliphatic rings. The van der Waals surface area contributed by atoms with Crippen LogP contribution in [0.4, 0.5) is 0 Å². The highest BCUT2D eigenvalue weighted by molar-refractivity contribution is 5.96. The van der Waals surface area contributed by atoms with Gasteiger partial charge in [0.2, 0.25) is 0 Å². The molecule has 1 amide bonds. The van der Waals surface area contributed by atoms with Gasteiger partial charge < -0.3 is 49.1 Å². The lowest BCUT2D eigenvalue weighted by molar-refractivity contribution is -0.346. The molecule has 3 fully saturated rings. The molecule has 2 aliphatic heterocycles. The third-order valence-corrected chi connectivity index (χ3v) is 14.3. The van der Waals surface area contributed by atoms with Gasteiger partial charge in [-0.15, -0.1) is 0 Å². The van der Waals surface area contributed by atoms with Crippen molar-refractivity contribution in [3.63, 3.8) is 0 Å². The maximum Gasteiger partial charge on any atom is 0.338 e. The number of fused-ring (bicyclic) bond motifs is 4. The average Bonchev–Trinajstić information content (AvgIpc) is 3.28. The highest BCUT2D eigenvalue weighted by atomic mass is 16.6. The Labute approximate surface area is 375 Å². The Morgan fingerprint density at radius 1 is 0.877 bits per heavy atom. The predicted molar refractivity (Wildman–Crippen MR) is 227 cm³/mol. The molecule has 16 heteroatoms. The van der Waals surface area contributed by atoms with Gasteiger partial charge in [0.1, 0.15) is 29.7 Å². The van der Waals surface area contributed by atoms with Gasteiger partial charge in [-0.25, -0.2) is 9.59 Å². The van der Waals surface area contributed by atoms with E-state index in [2.05, 4.69) is 5.32 Å². The molecule has 65 heavy (non-hydrogen) atoms. The molecule has 3 aromatic carbocycles. The molecule has 0 unspecified atom stereocenters. The second-order valence-corrected chi connectivity index (χ2v) is 18.3. The summed E-state index contributed by atoms with van der Waals surface area (Å²) in [6.45, 7) is 6.82. The highest BCUT2D eigenvalue weighted by Crippen LogP contribution is 2.64. The number of carbonyl (C=O) groups excluding carboxylic acids is 6. The van der Waals surface area contributed by atoms with Crippen molar-refractivity contribution in [1.82, 2.24) is 5.32 Å². The topological polar surface area (TPSA) is 231 Å². The number of rotatable bonds is 5. The Balaban J connectivity index is 1.34. The number of ether oxygens (including phenoxy) is 6. The number of benzene rings is 3. The number of hydrogen-bond acceptors (Lipinski definition) is 15. The normalized spacial score (nSPS) is 34.3. The minimum atomic E-state index is -2.41. The van der Waals surface area contributed by atoms with Crippen molar-refractivity contribution in [2.24, 2.45) is 16.7 Å². The molecule has 16 nitrogen and oxygen atoms in total. The smallest absolute Gasteiger partial charge is 0.338 e. The highest BCUT2D eigenvalue weighted by Gasteiger charge is 2.78. The van der Waals surface area contributed by atoms with Gasteiger partial charge in [-0.1, -0.05) is 62.4 Å². The first-order chi connectivity index (χ1) is 30.8. The van der Waals surface area contributed by atoms with Crippen molar-refractivity contribution in [3.8, 4) is 5.75 Å². The van der Waals surface area contributed by atoms with Gasteiger partial charge in [-0.05, 0) is 73.4 Å². The molecule has 2 heterocycles. The quantitative estimate of drug-likeness (QED) is 0.162. The first-order valence-corrected chi connectivity index (χ1v) is 21.7. The molecule has 3 aliphatic carbocycles. The first-order valence-electron chi connectivity index (χ1n) is 21.7. The molecule has 4 N–H and O–H groups in total. The van der Waals surface area contributed by atoms with Crippen LogP contribution in [0, 0.1) is 16.7 Å². The van der Waals surface area contributed by atoms with E-state index < -0.39 is 113 Å². The minimum Gasteiger partial charge on any atom is -0.494 e. The summed E-state index contributed by atoms with van der Waals surface area (Å²) in [6.07, 6.45) is -10.8. The molecule has 1 spiro atoms. The van der Waals surface area contributed by atoms with E-state index in [0.29, 0.717) is 5.75 Å². The van der Waals surface area contributed by atoms with Crippen LogP contribution >= 0.6 is 0 Å². The SMILES string of the molecule is CC(=O)O[C@H]1C(=O)[C@@]2(C)[C@@H]3[C@H](OC(=O)c4ccccc4)[C@]4(O)C[C@H](OC(=O)[C@H](O)[C@@H](NC(=O)c5ccccc5)c5cccc(c5)OCCCC(=O)O[C@]35CO[C@@H]5C[C@@H]2O)C(C)=C1C4(C)C. The maximum absolute atomic E-state index is 15.7. The number of nitrogens with one attached hydrogen (secondary N) is 1. The van der Waals surface area contributed by atoms with E-state index in [9.17, 15) is 39.3 Å². The van der Waals surface area contributed by atoms with Crippen molar-refractivity contribution < 1.29 is 72.5 Å². The zero-order valence-electron chi connectivity index (χ0n) is 36.7. The summed E-state index contributed by atoms with van der Waals surface area (Å²) in [4.78, 5) is 85.4. The van der Waals surface area contributed by atoms with Crippen molar-refractivity contribution in [2.45, 2.75) is 114 Å². The van der Waals surface area contributed by atoms with E-state index >= 15 is 4.79 Å². The van der Waals surface area contributed by atoms with E-state index in [4.69, 9.17) is 28.4 Å². The summed E-state index contributed by atoms with van der Waals surface area (Å²) in [6, 6.07) is 20.9. The maximum atomic E-state index is 15.7. The molecule has 6 bridgehead atoms. The third kappa shape index (κ3) is 7.69. The van der Waals surface area contributed by atoms with Crippen LogP contribution in [0.25, 0.3) is 0 Å². The lowest BCUT2D eigenvalue weighted by atomic mass is 9.44. The van der Waals surface area contributed by atoms with Crippen molar-refractivity contribution in [2.75, 3.05) is 13.2 Å². The van der Waals surface area contributed by atoms with Crippen LogP contribution in [0.15, 0.2) is 96.1 Å². The van der Waals surface area contributed by atoms with Gasteiger partial charge in [-0.3, -0.25) is 19.2 Å². The zero-order chi connectivity index (χ0) is 46.6. The Kier molecular flexibility index (Phi) is 12.0. The average molecular weight is 896 g/mol. The minimum absolute atomic E-state index is 0.00549. The second kappa shape index (κ2) is 17.1. The molecule has 8 rings (SSSR count). The number of amides is 1. The standard InChI is InChI=1S/C49H53NO15/c1-26-32-24-49(59)42(64-44(57)29-16-10-7-11-17-29)40-47(5,41(55)39(62-27(2)51)36(26)46(49,3)4)33(52)23-34-48(40,25-61-34)65-35(53)20-13-21-60-31-19-12-18-30(22-31)37(38(54)45(58)63-32)50-43(56)28-14-8-6-9-15-28/h6-12,14-19,22,32-34,37-40,42,52,54,59H,13,20-21,23-25H2,1-5H3,(H,50,56)/t32-,33-,34+,37-,38+,39+,40-,42-,47+,48-,49+/m0/s1. The Morgan fingerprint density at radius 2 is 1.55 bits per heavy atom. The Bertz CT molecular complexity index is 2420. The van der Waals surface area contributed by atoms with Crippen LogP contribution in [0.1, 0.15) is 92.6 Å². The van der Waals surface area contributed by atoms with Crippen molar-refractivity contribution in [1.29, 1.82) is 0 Å². The van der Waals surface area contributed by atoms with Crippen LogP contribution in [-0.2, 0) is 42.9 Å². The summed E-state index contributed by atoms with van der Waals surface area (Å²) in [5, 5.41) is 40.8. The van der Waals surface area contributed by atoms with E-state index in [1.165, 1.54) is 32.0 Å². The lowest BCUT2D eigenvalue weighted by Gasteiger charge is -2.67. The zero-order valence-corrected chi connectivity index (χ0v) is 36.7. The number of ketones is 1. The van der Waals surface area contributed by atoms with Crippen LogP contribution in [0.5, 0.6) is 5.75 Å². The molecule has 1 saturated heterocycles. The number of carbonyl (C=O) groups is 6. The largest absolute Gasteiger partial charge is 0.494 e. The molecule has 0 aromatic heterocycles. The van der Waals surface area contributed by atoms with Gasteiger partial charge in [-0.2, -0.15) is 0 Å². The fraction of sp³-hybridized carbons (Fsp3) is 0.469. The second-order valence-electron chi connectivity index (χ2n) is 18.3. The van der Waals surface area contributed by atoms with Gasteiger partial charge in [0, 0.05) is 37.2 Å². The molecule has 0 radical (unpaired) electrons. The van der Waals surface area contributed by atoms with Crippen molar-refractivity contribution in [3.05, 3.63) is 113 Å². The van der Waals surface area contributed by atoms with Crippen LogP contribution in [-0.4, -0.2) is 112 Å². The number of Topliss-reactive ketones (excluding diaryl/α,β-unsaturated/α-hetero) is 1. The van der Waals surface area contributed by atoms with Crippen LogP contribution in [0.3, 0.4) is 0 Å². The van der Waals surface area contributed by atoms with E-state index in [-0.39, 0.29) is 60.3 Å². The van der Waals surface area contributed by atoms with Crippen molar-refractivity contribution >= 4 is 35.6 Å². The van der Waals surface area contributed by atoms with Crippen LogP contribution in [0.2, 0.25) is 0 Å². The number of esters is 4. The first kappa shape index (κ1) is 45.6. The monoisotopic (exact) mass is 895 g/mol. The van der Waals surface area contributed by atoms with Gasteiger partial charge in [0.05, 0.1) is 42.3 Å². The fourth-order valence-corrected chi connectivity index (χ4v) is 10.7. The number of aliphatic hydroxyl groups excluding tert-OH is 2. The molecule has 3 aromatic rings. The van der Waals surface area contributed by atoms with E-state index in [1.54, 1.807) is 80.6 Å². The summed E-state index contributed by atoms with van der Waals surface area (Å²) < 4.78 is 36.9. The summed E-state index contributed by atoms with van der Waals surface area (Å²) in [5.41, 5.74) is -7.27. The Hall–Kier alpha value is -5.94. The molecular weight excluding hydrogens is 843 g/mol. The summed E-state index contributed by atoms with van der Waals surface area (Å²) in [7, 11) is 0. The van der Waals surface area contributed by atoms with E-state index in [0.717, 1.165) is 6.92 Å². The Morgan fingerprint density at radius 3 is 2.20 bits per heavy atom. The van der Waals surface area contributed by atoms with Gasteiger partial charge >= 0.3 is 23.9 Å². The van der Waals surface area contributed by atoms with Gasteiger partial charge in [0.15, 0.2) is 23.6 Å². The number of aliphatic hydroxyl groups is 3. The lowest BCUT2D eigenvalue weighted by Crippen LogP contribution is -2.82. The predicted octanol–water partition coefficient (Wildman–Crippen LogP) is 3.89. The molecule has 344 valence electrons.